The number of hydrogen-bond acceptors (Lipinski definition) is 6. The van der Waals surface area contributed by atoms with E-state index in [9.17, 15) is 19.5 Å². The number of ether oxygens (including phenoxy) is 2. The van der Waals surface area contributed by atoms with Crippen molar-refractivity contribution >= 4 is 17.9 Å². The number of aliphatic hydroxyl groups excluding tert-OH is 1. The van der Waals surface area contributed by atoms with E-state index in [0.29, 0.717) is 6.42 Å². The van der Waals surface area contributed by atoms with Gasteiger partial charge in [-0.3, -0.25) is 9.59 Å². The molecule has 3 atom stereocenters. The number of nitrogens with one attached hydrogen (secondary N) is 3. The molecule has 1 aliphatic carbocycles. The van der Waals surface area contributed by atoms with Crippen molar-refractivity contribution in [1.82, 2.24) is 16.0 Å². The van der Waals surface area contributed by atoms with E-state index in [1.807, 2.05) is 58.0 Å². The predicted octanol–water partition coefficient (Wildman–Crippen LogP) is 1.92. The summed E-state index contributed by atoms with van der Waals surface area (Å²) in [5, 5.41) is 18.9. The molecule has 1 aromatic rings. The zero-order valence-corrected chi connectivity index (χ0v) is 20.6. The van der Waals surface area contributed by atoms with Gasteiger partial charge in [-0.2, -0.15) is 0 Å². The van der Waals surface area contributed by atoms with Crippen LogP contribution in [0.25, 0.3) is 0 Å². The van der Waals surface area contributed by atoms with E-state index in [0.717, 1.165) is 18.4 Å². The molecule has 1 aliphatic rings. The van der Waals surface area contributed by atoms with Gasteiger partial charge < -0.3 is 30.5 Å². The lowest BCUT2D eigenvalue weighted by atomic mass is 9.98. The van der Waals surface area contributed by atoms with Gasteiger partial charge in [0, 0.05) is 6.04 Å². The summed E-state index contributed by atoms with van der Waals surface area (Å²) in [6, 6.07) is 7.65. The summed E-state index contributed by atoms with van der Waals surface area (Å²) in [7, 11) is 0. The lowest BCUT2D eigenvalue weighted by Crippen LogP contribution is -2.56. The van der Waals surface area contributed by atoms with Crippen molar-refractivity contribution in [3.05, 3.63) is 35.9 Å². The molecule has 2 rings (SSSR count). The molecule has 1 fully saturated rings. The van der Waals surface area contributed by atoms with Crippen LogP contribution in [0.15, 0.2) is 30.3 Å². The van der Waals surface area contributed by atoms with Crippen LogP contribution in [0, 0.1) is 5.92 Å². The minimum Gasteiger partial charge on any atom is -0.447 e. The van der Waals surface area contributed by atoms with Gasteiger partial charge in [-0.05, 0) is 51.0 Å². The molecule has 1 saturated carbocycles. The fourth-order valence-electron chi connectivity index (χ4n) is 3.39. The molecule has 0 spiro atoms. The fraction of sp³-hybridized carbons (Fsp3) is 0.640. The zero-order chi connectivity index (χ0) is 25.1. The Hall–Kier alpha value is -2.65. The van der Waals surface area contributed by atoms with Crippen LogP contribution < -0.4 is 16.0 Å². The Balaban J connectivity index is 2.04. The second-order valence-corrected chi connectivity index (χ2v) is 9.41. The van der Waals surface area contributed by atoms with Gasteiger partial charge in [-0.15, -0.1) is 0 Å². The van der Waals surface area contributed by atoms with E-state index >= 15 is 0 Å². The van der Waals surface area contributed by atoms with Crippen LogP contribution in [0.2, 0.25) is 0 Å². The van der Waals surface area contributed by atoms with Crippen LogP contribution in [0.5, 0.6) is 0 Å². The van der Waals surface area contributed by atoms with Crippen LogP contribution >= 0.6 is 0 Å². The fourth-order valence-corrected chi connectivity index (χ4v) is 3.39. The third-order valence-corrected chi connectivity index (χ3v) is 5.28. The molecule has 4 N–H and O–H groups in total. The highest BCUT2D eigenvalue weighted by molar-refractivity contribution is 5.87. The smallest absolute Gasteiger partial charge is 0.407 e. The summed E-state index contributed by atoms with van der Waals surface area (Å²) in [6.07, 6.45) is 0.279. The maximum absolute atomic E-state index is 13.1. The second-order valence-electron chi connectivity index (χ2n) is 9.41. The Kier molecular flexibility index (Phi) is 11.3. The van der Waals surface area contributed by atoms with Crippen LogP contribution in [0.1, 0.15) is 52.5 Å². The van der Waals surface area contributed by atoms with Crippen LogP contribution in [0.3, 0.4) is 0 Å². The van der Waals surface area contributed by atoms with E-state index < -0.39 is 36.1 Å². The first-order valence-corrected chi connectivity index (χ1v) is 12.0. The molecule has 0 aromatic heterocycles. The quantitative estimate of drug-likeness (QED) is 0.303. The third kappa shape index (κ3) is 10.5. The molecule has 0 heterocycles. The lowest BCUT2D eigenvalue weighted by molar-refractivity contribution is -0.132. The average molecular weight is 478 g/mol. The van der Waals surface area contributed by atoms with E-state index in [2.05, 4.69) is 16.0 Å². The molecule has 9 heteroatoms. The number of carbonyl (C=O) groups is 3. The van der Waals surface area contributed by atoms with Gasteiger partial charge >= 0.3 is 6.09 Å². The first-order valence-electron chi connectivity index (χ1n) is 12.0. The van der Waals surface area contributed by atoms with Gasteiger partial charge in [0.2, 0.25) is 5.91 Å². The Morgan fingerprint density at radius 3 is 2.26 bits per heavy atom. The minimum atomic E-state index is -1.43. The molecular formula is C25H39N3O6. The summed E-state index contributed by atoms with van der Waals surface area (Å²) in [4.78, 5) is 37.9. The standard InChI is InChI=1S/C25H39N3O6/c1-16(2)14-21(28-25(32)34-13-12-33-17(3)4)23(30)27-20(15-18-8-6-5-7-9-18)22(29)24(31)26-19-10-11-19/h5-9,16-17,19-22,29H,10-15H2,1-4H3,(H,26,31)(H,27,30)(H,28,32)/t20-,21-,22?/m0/s1. The number of alkyl carbamates (subject to hydrolysis) is 1. The summed E-state index contributed by atoms with van der Waals surface area (Å²) < 4.78 is 10.5. The monoisotopic (exact) mass is 477 g/mol. The molecule has 9 nitrogen and oxygen atoms in total. The highest BCUT2D eigenvalue weighted by Gasteiger charge is 2.34. The van der Waals surface area contributed by atoms with Gasteiger partial charge in [0.25, 0.3) is 5.91 Å². The first kappa shape index (κ1) is 27.6. The maximum Gasteiger partial charge on any atom is 0.407 e. The van der Waals surface area contributed by atoms with Crippen LogP contribution in [-0.2, 0) is 25.5 Å². The number of hydrogen-bond donors (Lipinski definition) is 4. The average Bonchev–Trinajstić information content (AvgIpc) is 3.59. The van der Waals surface area contributed by atoms with Crippen molar-refractivity contribution in [1.29, 1.82) is 0 Å². The number of benzene rings is 1. The molecule has 0 saturated heterocycles. The van der Waals surface area contributed by atoms with Crippen molar-refractivity contribution in [2.24, 2.45) is 5.92 Å². The number of carbonyl (C=O) groups excluding carboxylic acids is 3. The summed E-state index contributed by atoms with van der Waals surface area (Å²) in [5.41, 5.74) is 0.865. The largest absolute Gasteiger partial charge is 0.447 e. The second kappa shape index (κ2) is 13.9. The van der Waals surface area contributed by atoms with Gasteiger partial charge in [0.05, 0.1) is 18.8 Å². The van der Waals surface area contributed by atoms with Gasteiger partial charge in [0.15, 0.2) is 6.10 Å². The Morgan fingerprint density at radius 1 is 1.00 bits per heavy atom. The van der Waals surface area contributed by atoms with Gasteiger partial charge in [-0.1, -0.05) is 44.2 Å². The number of amides is 3. The molecule has 190 valence electrons. The maximum atomic E-state index is 13.1. The summed E-state index contributed by atoms with van der Waals surface area (Å²) in [6.45, 7) is 7.96. The Morgan fingerprint density at radius 2 is 1.68 bits per heavy atom. The van der Waals surface area contributed by atoms with Gasteiger partial charge in [-0.25, -0.2) is 4.79 Å². The molecule has 1 aromatic carbocycles. The predicted molar refractivity (Wildman–Crippen MR) is 128 cm³/mol. The van der Waals surface area contributed by atoms with E-state index in [1.54, 1.807) is 0 Å². The zero-order valence-electron chi connectivity index (χ0n) is 20.6. The molecular weight excluding hydrogens is 438 g/mol. The van der Waals surface area contributed by atoms with Crippen molar-refractivity contribution in [3.63, 3.8) is 0 Å². The lowest BCUT2D eigenvalue weighted by Gasteiger charge is -2.27. The van der Waals surface area contributed by atoms with E-state index in [4.69, 9.17) is 9.47 Å². The highest BCUT2D eigenvalue weighted by atomic mass is 16.6. The SMILES string of the molecule is CC(C)C[C@H](NC(=O)OCCOC(C)C)C(=O)N[C@@H](Cc1ccccc1)C(O)C(=O)NC1CC1. The van der Waals surface area contributed by atoms with Crippen molar-refractivity contribution in [2.45, 2.75) is 83.7 Å². The molecule has 0 radical (unpaired) electrons. The molecule has 34 heavy (non-hydrogen) atoms. The van der Waals surface area contributed by atoms with Crippen LogP contribution in [-0.4, -0.2) is 66.6 Å². The molecule has 1 unspecified atom stereocenters. The highest BCUT2D eigenvalue weighted by Crippen LogP contribution is 2.19. The summed E-state index contributed by atoms with van der Waals surface area (Å²) in [5.74, 6) is -0.888. The molecule has 3 amide bonds. The summed E-state index contributed by atoms with van der Waals surface area (Å²) >= 11 is 0. The topological polar surface area (TPSA) is 126 Å². The van der Waals surface area contributed by atoms with Crippen molar-refractivity contribution < 1.29 is 29.0 Å². The minimum absolute atomic E-state index is 0.0243. The number of aliphatic hydroxyl groups is 1. The van der Waals surface area contributed by atoms with Crippen LogP contribution in [0.4, 0.5) is 4.79 Å². The van der Waals surface area contributed by atoms with E-state index in [-0.39, 0.29) is 37.7 Å². The molecule has 0 aliphatic heterocycles. The third-order valence-electron chi connectivity index (χ3n) is 5.28. The van der Waals surface area contributed by atoms with Crippen molar-refractivity contribution in [3.8, 4) is 0 Å². The first-order chi connectivity index (χ1) is 16.2. The number of rotatable bonds is 14. The molecule has 0 bridgehead atoms. The Labute approximate surface area is 202 Å². The van der Waals surface area contributed by atoms with Gasteiger partial charge in [0.1, 0.15) is 12.6 Å². The van der Waals surface area contributed by atoms with Crippen molar-refractivity contribution in [2.75, 3.05) is 13.2 Å². The normalized spacial score (nSPS) is 16.0. The van der Waals surface area contributed by atoms with E-state index in [1.165, 1.54) is 0 Å². The Bertz CT molecular complexity index is 782.